The number of piperidine rings is 2. The molecule has 2 heterocycles. The van der Waals surface area contributed by atoms with Crippen molar-refractivity contribution in [3.63, 3.8) is 0 Å². The van der Waals surface area contributed by atoms with Crippen molar-refractivity contribution in [3.8, 4) is 0 Å². The molecule has 0 saturated carbocycles. The number of rotatable bonds is 3. The third-order valence-electron chi connectivity index (χ3n) is 4.62. The minimum atomic E-state index is -0.395. The molecule has 2 saturated heterocycles. The van der Waals surface area contributed by atoms with Crippen LogP contribution in [0, 0.1) is 0 Å². The molecule has 0 spiro atoms. The predicted molar refractivity (Wildman–Crippen MR) is 72.0 cm³/mol. The van der Waals surface area contributed by atoms with Gasteiger partial charge in [0.25, 0.3) is 0 Å². The number of allylic oxidation sites excluding steroid dienone is 2. The summed E-state index contributed by atoms with van der Waals surface area (Å²) in [7, 11) is 2.24. The van der Waals surface area contributed by atoms with Gasteiger partial charge >= 0.3 is 0 Å². The van der Waals surface area contributed by atoms with Crippen molar-refractivity contribution >= 4 is 0 Å². The molecule has 17 heavy (non-hydrogen) atoms. The summed E-state index contributed by atoms with van der Waals surface area (Å²) in [6, 6.07) is 1.25. The molecule has 1 N–H and O–H groups in total. The summed E-state index contributed by atoms with van der Waals surface area (Å²) >= 11 is 0. The van der Waals surface area contributed by atoms with Crippen LogP contribution in [0.1, 0.15) is 58.8 Å². The lowest BCUT2D eigenvalue weighted by Crippen LogP contribution is -2.56. The fourth-order valence-corrected chi connectivity index (χ4v) is 3.58. The Balaban J connectivity index is 1.95. The van der Waals surface area contributed by atoms with Crippen molar-refractivity contribution in [1.29, 1.82) is 0 Å². The van der Waals surface area contributed by atoms with Gasteiger partial charge in [-0.2, -0.15) is 0 Å². The number of aliphatic hydroxyl groups is 1. The highest BCUT2D eigenvalue weighted by Gasteiger charge is 2.43. The maximum atomic E-state index is 10.8. The van der Waals surface area contributed by atoms with E-state index in [4.69, 9.17) is 0 Å². The van der Waals surface area contributed by atoms with E-state index in [1.54, 1.807) is 0 Å². The summed E-state index contributed by atoms with van der Waals surface area (Å²) < 4.78 is 0. The zero-order valence-electron chi connectivity index (χ0n) is 11.6. The Kier molecular flexibility index (Phi) is 3.94. The average molecular weight is 237 g/mol. The Morgan fingerprint density at radius 1 is 1.29 bits per heavy atom. The molecule has 2 unspecified atom stereocenters. The van der Waals surface area contributed by atoms with Crippen molar-refractivity contribution < 1.29 is 5.11 Å². The lowest BCUT2D eigenvalue weighted by Gasteiger charge is -2.50. The van der Waals surface area contributed by atoms with Gasteiger partial charge in [0.05, 0.1) is 5.60 Å². The first-order valence-electron chi connectivity index (χ1n) is 7.08. The number of fused-ring (bicyclic) bond motifs is 2. The third-order valence-corrected chi connectivity index (χ3v) is 4.62. The molecule has 2 atom stereocenters. The second kappa shape index (κ2) is 5.11. The van der Waals surface area contributed by atoms with E-state index in [9.17, 15) is 5.11 Å². The largest absolute Gasteiger partial charge is 0.390 e. The predicted octanol–water partition coefficient (Wildman–Crippen LogP) is 3.11. The summed E-state index contributed by atoms with van der Waals surface area (Å²) in [4.78, 5) is 2.51. The van der Waals surface area contributed by atoms with Gasteiger partial charge in [-0.15, -0.1) is 0 Å². The van der Waals surface area contributed by atoms with Crippen LogP contribution >= 0.6 is 0 Å². The lowest BCUT2D eigenvalue weighted by atomic mass is 9.74. The Morgan fingerprint density at radius 3 is 2.41 bits per heavy atom. The lowest BCUT2D eigenvalue weighted by molar-refractivity contribution is -0.0863. The highest BCUT2D eigenvalue weighted by molar-refractivity contribution is 5.01. The van der Waals surface area contributed by atoms with Crippen molar-refractivity contribution in [3.05, 3.63) is 11.6 Å². The number of nitrogens with zero attached hydrogens (tertiary/aromatic N) is 1. The first-order valence-corrected chi connectivity index (χ1v) is 7.08. The molecule has 2 bridgehead atoms. The number of hydrogen-bond donors (Lipinski definition) is 1. The van der Waals surface area contributed by atoms with E-state index in [1.165, 1.54) is 24.8 Å². The van der Waals surface area contributed by atoms with Crippen LogP contribution in [0.5, 0.6) is 0 Å². The highest BCUT2D eigenvalue weighted by Crippen LogP contribution is 2.40. The van der Waals surface area contributed by atoms with Crippen LogP contribution in [-0.2, 0) is 0 Å². The van der Waals surface area contributed by atoms with Crippen molar-refractivity contribution in [2.24, 2.45) is 0 Å². The van der Waals surface area contributed by atoms with E-state index in [-0.39, 0.29) is 0 Å². The third kappa shape index (κ3) is 3.11. The molecule has 2 rings (SSSR count). The van der Waals surface area contributed by atoms with Crippen molar-refractivity contribution in [2.45, 2.75) is 76.5 Å². The van der Waals surface area contributed by atoms with Gasteiger partial charge in [0, 0.05) is 12.1 Å². The molecule has 2 nitrogen and oxygen atoms in total. The van der Waals surface area contributed by atoms with Crippen LogP contribution < -0.4 is 0 Å². The Hall–Kier alpha value is -0.340. The molecule has 2 aliphatic rings. The van der Waals surface area contributed by atoms with Gasteiger partial charge in [-0.1, -0.05) is 18.1 Å². The Bertz CT molecular complexity index is 279. The van der Waals surface area contributed by atoms with Gasteiger partial charge in [-0.05, 0) is 59.4 Å². The zero-order valence-corrected chi connectivity index (χ0v) is 11.6. The first kappa shape index (κ1) is 13.1. The molecule has 0 aromatic carbocycles. The Labute approximate surface area is 106 Å². The monoisotopic (exact) mass is 237 g/mol. The van der Waals surface area contributed by atoms with Gasteiger partial charge in [0.2, 0.25) is 0 Å². The smallest absolute Gasteiger partial charge is 0.0680 e. The van der Waals surface area contributed by atoms with Crippen molar-refractivity contribution in [2.75, 3.05) is 7.05 Å². The minimum absolute atomic E-state index is 0.395. The van der Waals surface area contributed by atoms with E-state index in [0.29, 0.717) is 12.1 Å². The summed E-state index contributed by atoms with van der Waals surface area (Å²) in [5, 5.41) is 10.8. The van der Waals surface area contributed by atoms with Crippen LogP contribution in [0.25, 0.3) is 0 Å². The van der Waals surface area contributed by atoms with E-state index >= 15 is 0 Å². The molecule has 0 aromatic heterocycles. The molecule has 0 radical (unpaired) electrons. The summed E-state index contributed by atoms with van der Waals surface area (Å²) in [6.07, 6.45) is 10.1. The zero-order chi connectivity index (χ0) is 12.5. The van der Waals surface area contributed by atoms with Crippen LogP contribution in [0.3, 0.4) is 0 Å². The molecular formula is C15H27NO. The standard InChI is InChI=1S/C15H27NO/c1-12(2)6-5-9-15(17)10-13-7-4-8-14(11-15)16(13)3/h6,13-14,17H,4-5,7-11H2,1-3H3. The van der Waals surface area contributed by atoms with Crippen LogP contribution in [-0.4, -0.2) is 34.7 Å². The summed E-state index contributed by atoms with van der Waals surface area (Å²) in [5.41, 5.74) is 0.968. The van der Waals surface area contributed by atoms with Crippen LogP contribution in [0.2, 0.25) is 0 Å². The van der Waals surface area contributed by atoms with Gasteiger partial charge in [-0.3, -0.25) is 0 Å². The first-order chi connectivity index (χ1) is 8.00. The molecular weight excluding hydrogens is 210 g/mol. The SMILES string of the molecule is CC(C)=CCCC1(O)CC2CCCC(C1)N2C. The fourth-order valence-electron chi connectivity index (χ4n) is 3.58. The normalized spacial score (nSPS) is 37.9. The maximum Gasteiger partial charge on any atom is 0.0680 e. The second-order valence-electron chi connectivity index (χ2n) is 6.36. The molecule has 2 heteroatoms. The maximum absolute atomic E-state index is 10.8. The molecule has 98 valence electrons. The van der Waals surface area contributed by atoms with Gasteiger partial charge in [0.1, 0.15) is 0 Å². The van der Waals surface area contributed by atoms with E-state index in [0.717, 1.165) is 25.7 Å². The summed E-state index contributed by atoms with van der Waals surface area (Å²) in [6.45, 7) is 4.26. The average Bonchev–Trinajstić information content (AvgIpc) is 2.20. The van der Waals surface area contributed by atoms with Gasteiger partial charge in [0.15, 0.2) is 0 Å². The molecule has 2 aliphatic heterocycles. The highest BCUT2D eigenvalue weighted by atomic mass is 16.3. The van der Waals surface area contributed by atoms with Crippen molar-refractivity contribution in [1.82, 2.24) is 4.90 Å². The summed E-state index contributed by atoms with van der Waals surface area (Å²) in [5.74, 6) is 0. The molecule has 2 fully saturated rings. The molecule has 0 aliphatic carbocycles. The van der Waals surface area contributed by atoms with Gasteiger partial charge in [-0.25, -0.2) is 0 Å². The van der Waals surface area contributed by atoms with E-state index in [2.05, 4.69) is 31.9 Å². The topological polar surface area (TPSA) is 23.5 Å². The molecule has 0 aromatic rings. The fraction of sp³-hybridized carbons (Fsp3) is 0.867. The molecule has 0 amide bonds. The second-order valence-corrected chi connectivity index (χ2v) is 6.36. The quantitative estimate of drug-likeness (QED) is 0.762. The Morgan fingerprint density at radius 2 is 1.88 bits per heavy atom. The van der Waals surface area contributed by atoms with Gasteiger partial charge < -0.3 is 10.0 Å². The number of hydrogen-bond acceptors (Lipinski definition) is 2. The minimum Gasteiger partial charge on any atom is -0.390 e. The van der Waals surface area contributed by atoms with Crippen LogP contribution in [0.15, 0.2) is 11.6 Å². The van der Waals surface area contributed by atoms with E-state index < -0.39 is 5.60 Å². The van der Waals surface area contributed by atoms with Crippen LogP contribution in [0.4, 0.5) is 0 Å². The van der Waals surface area contributed by atoms with E-state index in [1.807, 2.05) is 0 Å².